The number of nitrogens with one attached hydrogen (secondary N) is 1. The fourth-order valence-electron chi connectivity index (χ4n) is 2.13. The van der Waals surface area contributed by atoms with Crippen molar-refractivity contribution in [1.29, 1.82) is 0 Å². The van der Waals surface area contributed by atoms with E-state index in [9.17, 15) is 4.79 Å². The highest BCUT2D eigenvalue weighted by Gasteiger charge is 2.10. The molecule has 19 heavy (non-hydrogen) atoms. The van der Waals surface area contributed by atoms with Gasteiger partial charge in [-0.15, -0.1) is 11.3 Å². The fourth-order valence-corrected chi connectivity index (χ4v) is 3.56. The molecule has 3 N–H and O–H groups in total. The van der Waals surface area contributed by atoms with Crippen molar-refractivity contribution in [2.75, 3.05) is 6.54 Å². The molecule has 1 amide bonds. The van der Waals surface area contributed by atoms with Gasteiger partial charge >= 0.3 is 0 Å². The van der Waals surface area contributed by atoms with Crippen LogP contribution in [0.25, 0.3) is 0 Å². The van der Waals surface area contributed by atoms with Crippen LogP contribution in [0, 0.1) is 5.92 Å². The van der Waals surface area contributed by atoms with E-state index in [4.69, 9.17) is 5.73 Å². The Hall–Kier alpha value is -0.390. The van der Waals surface area contributed by atoms with E-state index >= 15 is 0 Å². The highest BCUT2D eigenvalue weighted by Crippen LogP contribution is 2.22. The molecule has 0 aliphatic rings. The maximum atomic E-state index is 11.8. The quantitative estimate of drug-likeness (QED) is 0.716. The van der Waals surface area contributed by atoms with Crippen LogP contribution in [-0.2, 0) is 11.3 Å². The van der Waals surface area contributed by atoms with Crippen LogP contribution in [-0.4, -0.2) is 12.5 Å². The Balaban J connectivity index is 2.25. The number of amides is 1. The standard InChI is InChI=1S/C14H23BrN2OS/c1-2-3-11(6-8-16)4-5-14(18)17-10-13-12(15)7-9-19-13/h7,9,11H,2-6,8,10,16H2,1H3,(H,17,18). The molecule has 5 heteroatoms. The molecule has 108 valence electrons. The van der Waals surface area contributed by atoms with Crippen LogP contribution < -0.4 is 11.1 Å². The lowest BCUT2D eigenvalue weighted by atomic mass is 9.94. The van der Waals surface area contributed by atoms with Crippen molar-refractivity contribution in [1.82, 2.24) is 5.32 Å². The molecule has 0 aliphatic heterocycles. The molecule has 1 heterocycles. The van der Waals surface area contributed by atoms with Crippen molar-refractivity contribution < 1.29 is 4.79 Å². The lowest BCUT2D eigenvalue weighted by molar-refractivity contribution is -0.121. The van der Waals surface area contributed by atoms with Crippen molar-refractivity contribution in [3.63, 3.8) is 0 Å². The van der Waals surface area contributed by atoms with Crippen molar-refractivity contribution >= 4 is 33.2 Å². The monoisotopic (exact) mass is 346 g/mol. The predicted octanol–water partition coefficient (Wildman–Crippen LogP) is 3.67. The van der Waals surface area contributed by atoms with E-state index in [0.29, 0.717) is 25.4 Å². The molecule has 0 aliphatic carbocycles. The SMILES string of the molecule is CCCC(CCN)CCC(=O)NCc1sccc1Br. The molecule has 1 aromatic heterocycles. The summed E-state index contributed by atoms with van der Waals surface area (Å²) in [7, 11) is 0. The molecule has 0 saturated heterocycles. The van der Waals surface area contributed by atoms with Crippen LogP contribution in [0.2, 0.25) is 0 Å². The Morgan fingerprint density at radius 2 is 2.26 bits per heavy atom. The second kappa shape index (κ2) is 9.50. The number of carbonyl (C=O) groups is 1. The molecular formula is C14H23BrN2OS. The minimum Gasteiger partial charge on any atom is -0.351 e. The molecule has 1 atom stereocenters. The first-order chi connectivity index (χ1) is 9.17. The number of hydrogen-bond acceptors (Lipinski definition) is 3. The smallest absolute Gasteiger partial charge is 0.220 e. The van der Waals surface area contributed by atoms with Crippen molar-refractivity contribution in [3.05, 3.63) is 20.8 Å². The Kier molecular flexibility index (Phi) is 8.34. The Morgan fingerprint density at radius 1 is 1.47 bits per heavy atom. The summed E-state index contributed by atoms with van der Waals surface area (Å²) in [5, 5.41) is 4.99. The summed E-state index contributed by atoms with van der Waals surface area (Å²) in [4.78, 5) is 13.0. The number of carbonyl (C=O) groups excluding carboxylic acids is 1. The first kappa shape index (κ1) is 16.7. The zero-order valence-corrected chi connectivity index (χ0v) is 13.9. The summed E-state index contributed by atoms with van der Waals surface area (Å²) >= 11 is 5.12. The summed E-state index contributed by atoms with van der Waals surface area (Å²) in [6.45, 7) is 3.51. The van der Waals surface area contributed by atoms with Gasteiger partial charge in [0, 0.05) is 15.8 Å². The van der Waals surface area contributed by atoms with Crippen LogP contribution in [0.3, 0.4) is 0 Å². The Bertz CT molecular complexity index is 375. The summed E-state index contributed by atoms with van der Waals surface area (Å²) in [5.74, 6) is 0.729. The molecule has 1 rings (SSSR count). The molecular weight excluding hydrogens is 324 g/mol. The third-order valence-electron chi connectivity index (χ3n) is 3.19. The van der Waals surface area contributed by atoms with Gasteiger partial charge in [-0.05, 0) is 52.7 Å². The first-order valence-corrected chi connectivity index (χ1v) is 8.53. The fraction of sp³-hybridized carbons (Fsp3) is 0.643. The molecule has 0 spiro atoms. The van der Waals surface area contributed by atoms with Crippen molar-refractivity contribution in [2.24, 2.45) is 11.7 Å². The van der Waals surface area contributed by atoms with Gasteiger partial charge in [-0.2, -0.15) is 0 Å². The zero-order chi connectivity index (χ0) is 14.1. The van der Waals surface area contributed by atoms with Crippen molar-refractivity contribution in [2.45, 2.75) is 45.6 Å². The minimum absolute atomic E-state index is 0.137. The molecule has 0 aromatic carbocycles. The second-order valence-corrected chi connectivity index (χ2v) is 6.59. The van der Waals surface area contributed by atoms with Gasteiger partial charge in [-0.25, -0.2) is 0 Å². The Labute approximate surface area is 128 Å². The van der Waals surface area contributed by atoms with Gasteiger partial charge in [0.25, 0.3) is 0 Å². The second-order valence-electron chi connectivity index (χ2n) is 4.74. The van der Waals surface area contributed by atoms with Gasteiger partial charge in [0.2, 0.25) is 5.91 Å². The van der Waals surface area contributed by atoms with Crippen LogP contribution in [0.5, 0.6) is 0 Å². The van der Waals surface area contributed by atoms with Crippen LogP contribution in [0.4, 0.5) is 0 Å². The van der Waals surface area contributed by atoms with Gasteiger partial charge in [0.1, 0.15) is 0 Å². The van der Waals surface area contributed by atoms with E-state index in [-0.39, 0.29) is 5.91 Å². The predicted molar refractivity (Wildman–Crippen MR) is 85.2 cm³/mol. The molecule has 0 fully saturated rings. The average Bonchev–Trinajstić information content (AvgIpc) is 2.79. The number of nitrogens with two attached hydrogens (primary N) is 1. The van der Waals surface area contributed by atoms with Crippen molar-refractivity contribution in [3.8, 4) is 0 Å². The summed E-state index contributed by atoms with van der Waals surface area (Å²) in [6.07, 6.45) is 4.91. The van der Waals surface area contributed by atoms with Gasteiger partial charge in [-0.1, -0.05) is 19.8 Å². The van der Waals surface area contributed by atoms with E-state index < -0.39 is 0 Å². The minimum atomic E-state index is 0.137. The summed E-state index contributed by atoms with van der Waals surface area (Å²) in [6, 6.07) is 2.00. The molecule has 1 aromatic rings. The molecule has 3 nitrogen and oxygen atoms in total. The molecule has 0 saturated carbocycles. The van der Waals surface area contributed by atoms with E-state index in [2.05, 4.69) is 28.2 Å². The molecule has 0 bridgehead atoms. The number of halogens is 1. The van der Waals surface area contributed by atoms with Gasteiger partial charge in [0.15, 0.2) is 0 Å². The normalized spacial score (nSPS) is 12.4. The Morgan fingerprint density at radius 3 is 2.84 bits per heavy atom. The van der Waals surface area contributed by atoms with E-state index in [1.165, 1.54) is 11.3 Å². The van der Waals surface area contributed by atoms with Crippen LogP contribution in [0.1, 0.15) is 43.9 Å². The highest BCUT2D eigenvalue weighted by atomic mass is 79.9. The van der Waals surface area contributed by atoms with E-state index in [0.717, 1.165) is 23.7 Å². The van der Waals surface area contributed by atoms with Gasteiger partial charge in [0.05, 0.1) is 6.54 Å². The summed E-state index contributed by atoms with van der Waals surface area (Å²) in [5.41, 5.74) is 5.60. The third kappa shape index (κ3) is 6.54. The topological polar surface area (TPSA) is 55.1 Å². The lowest BCUT2D eigenvalue weighted by Gasteiger charge is -2.14. The first-order valence-electron chi connectivity index (χ1n) is 6.86. The van der Waals surface area contributed by atoms with Crippen LogP contribution >= 0.6 is 27.3 Å². The number of hydrogen-bond donors (Lipinski definition) is 2. The van der Waals surface area contributed by atoms with Gasteiger partial charge < -0.3 is 11.1 Å². The number of thiophene rings is 1. The molecule has 1 unspecified atom stereocenters. The third-order valence-corrected chi connectivity index (χ3v) is 5.11. The van der Waals surface area contributed by atoms with E-state index in [1.54, 1.807) is 11.3 Å². The average molecular weight is 347 g/mol. The van der Waals surface area contributed by atoms with Crippen LogP contribution in [0.15, 0.2) is 15.9 Å². The zero-order valence-electron chi connectivity index (χ0n) is 11.5. The van der Waals surface area contributed by atoms with E-state index in [1.807, 2.05) is 11.4 Å². The molecule has 0 radical (unpaired) electrons. The largest absolute Gasteiger partial charge is 0.351 e. The van der Waals surface area contributed by atoms with Gasteiger partial charge in [-0.3, -0.25) is 4.79 Å². The lowest BCUT2D eigenvalue weighted by Crippen LogP contribution is -2.23. The number of rotatable bonds is 9. The maximum Gasteiger partial charge on any atom is 0.220 e. The maximum absolute atomic E-state index is 11.8. The highest BCUT2D eigenvalue weighted by molar-refractivity contribution is 9.10. The summed E-state index contributed by atoms with van der Waals surface area (Å²) < 4.78 is 1.07.